The molecule has 110 valence electrons. The van der Waals surface area contributed by atoms with Gasteiger partial charge in [0.1, 0.15) is 0 Å². The van der Waals surface area contributed by atoms with Crippen LogP contribution in [0, 0.1) is 0 Å². The number of nitrogens with one attached hydrogen (secondary N) is 2. The molecule has 0 radical (unpaired) electrons. The zero-order chi connectivity index (χ0) is 13.9. The van der Waals surface area contributed by atoms with Gasteiger partial charge in [-0.25, -0.2) is 0 Å². The second-order valence-corrected chi connectivity index (χ2v) is 7.86. The number of halogens is 1. The maximum absolute atomic E-state index is 5.86. The Hall–Kier alpha value is -0.590. The standard InChI is InChI=1S/C14H20BrN3OS/c1-16-14(17-7-6-10-3-5-13(15)20-10)18-11-8-9-2-4-12(11)19-9/h3,5,9,11-12H,2,4,6-8H2,1H3,(H2,16,17,18). The van der Waals surface area contributed by atoms with Gasteiger partial charge in [-0.05, 0) is 53.7 Å². The fourth-order valence-corrected chi connectivity index (χ4v) is 4.43. The molecule has 2 aliphatic rings. The van der Waals surface area contributed by atoms with Crippen LogP contribution in [0.3, 0.4) is 0 Å². The predicted molar refractivity (Wildman–Crippen MR) is 86.5 cm³/mol. The Morgan fingerprint density at radius 1 is 1.50 bits per heavy atom. The molecule has 3 atom stereocenters. The van der Waals surface area contributed by atoms with Crippen LogP contribution in [0.1, 0.15) is 24.1 Å². The van der Waals surface area contributed by atoms with Crippen molar-refractivity contribution in [1.29, 1.82) is 0 Å². The molecular weight excluding hydrogens is 338 g/mol. The average Bonchev–Trinajstić information content (AvgIpc) is 3.14. The van der Waals surface area contributed by atoms with Gasteiger partial charge in [0.25, 0.3) is 0 Å². The van der Waals surface area contributed by atoms with Crippen LogP contribution >= 0.6 is 27.3 Å². The van der Waals surface area contributed by atoms with E-state index in [1.54, 1.807) is 11.3 Å². The zero-order valence-corrected chi connectivity index (χ0v) is 14.0. The molecule has 20 heavy (non-hydrogen) atoms. The molecule has 4 nitrogen and oxygen atoms in total. The van der Waals surface area contributed by atoms with Crippen LogP contribution in [0.4, 0.5) is 0 Å². The molecule has 2 fully saturated rings. The van der Waals surface area contributed by atoms with Crippen molar-refractivity contribution in [2.24, 2.45) is 4.99 Å². The van der Waals surface area contributed by atoms with Gasteiger partial charge in [0, 0.05) is 18.5 Å². The van der Waals surface area contributed by atoms with Crippen LogP contribution in [-0.2, 0) is 11.2 Å². The molecule has 3 rings (SSSR count). The molecule has 1 aromatic heterocycles. The number of fused-ring (bicyclic) bond motifs is 2. The number of hydrogen-bond donors (Lipinski definition) is 2. The molecule has 0 aliphatic carbocycles. The fourth-order valence-electron chi connectivity index (χ4n) is 2.95. The van der Waals surface area contributed by atoms with E-state index < -0.39 is 0 Å². The van der Waals surface area contributed by atoms with E-state index in [9.17, 15) is 0 Å². The lowest BCUT2D eigenvalue weighted by molar-refractivity contribution is 0.0992. The van der Waals surface area contributed by atoms with Gasteiger partial charge in [0.15, 0.2) is 5.96 Å². The Morgan fingerprint density at radius 2 is 2.40 bits per heavy atom. The molecule has 2 N–H and O–H groups in total. The summed E-state index contributed by atoms with van der Waals surface area (Å²) in [5.41, 5.74) is 0. The lowest BCUT2D eigenvalue weighted by atomic mass is 9.96. The highest BCUT2D eigenvalue weighted by atomic mass is 79.9. The number of rotatable bonds is 4. The number of nitrogens with zero attached hydrogens (tertiary/aromatic N) is 1. The summed E-state index contributed by atoms with van der Waals surface area (Å²) in [7, 11) is 1.82. The summed E-state index contributed by atoms with van der Waals surface area (Å²) < 4.78 is 7.05. The monoisotopic (exact) mass is 357 g/mol. The van der Waals surface area contributed by atoms with E-state index in [-0.39, 0.29) is 0 Å². The molecule has 6 heteroatoms. The van der Waals surface area contributed by atoms with Crippen molar-refractivity contribution < 1.29 is 4.74 Å². The van der Waals surface area contributed by atoms with Crippen molar-refractivity contribution >= 4 is 33.2 Å². The molecule has 2 bridgehead atoms. The zero-order valence-electron chi connectivity index (χ0n) is 11.6. The van der Waals surface area contributed by atoms with Gasteiger partial charge in [-0.1, -0.05) is 0 Å². The third-order valence-corrected chi connectivity index (χ3v) is 5.63. The van der Waals surface area contributed by atoms with Gasteiger partial charge in [-0.3, -0.25) is 4.99 Å². The molecule has 2 saturated heterocycles. The maximum atomic E-state index is 5.86. The first kappa shape index (κ1) is 14.4. The summed E-state index contributed by atoms with van der Waals surface area (Å²) in [6.45, 7) is 0.897. The largest absolute Gasteiger partial charge is 0.373 e. The Kier molecular flexibility index (Phi) is 4.63. The number of aliphatic imine (C=N–C) groups is 1. The fraction of sp³-hybridized carbons (Fsp3) is 0.643. The topological polar surface area (TPSA) is 45.7 Å². The molecule has 1 aromatic rings. The van der Waals surface area contributed by atoms with Gasteiger partial charge in [-0.15, -0.1) is 11.3 Å². The SMILES string of the molecule is CN=C(NCCc1ccc(Br)s1)NC1CC2CCC1O2. The van der Waals surface area contributed by atoms with E-state index in [2.05, 4.69) is 43.7 Å². The first-order chi connectivity index (χ1) is 9.74. The summed E-state index contributed by atoms with van der Waals surface area (Å²) in [6.07, 6.45) is 5.39. The number of ether oxygens (including phenoxy) is 1. The van der Waals surface area contributed by atoms with E-state index in [0.29, 0.717) is 18.2 Å². The quantitative estimate of drug-likeness (QED) is 0.642. The first-order valence-electron chi connectivity index (χ1n) is 7.11. The van der Waals surface area contributed by atoms with Gasteiger partial charge in [-0.2, -0.15) is 0 Å². The third kappa shape index (κ3) is 3.35. The summed E-state index contributed by atoms with van der Waals surface area (Å²) in [4.78, 5) is 5.68. The first-order valence-corrected chi connectivity index (χ1v) is 8.72. The van der Waals surface area contributed by atoms with Crippen LogP contribution in [0.15, 0.2) is 20.9 Å². The Bertz CT molecular complexity index is 491. The molecule has 3 heterocycles. The van der Waals surface area contributed by atoms with Gasteiger partial charge in [0.2, 0.25) is 0 Å². The maximum Gasteiger partial charge on any atom is 0.191 e. The molecular formula is C14H20BrN3OS. The Balaban J connectivity index is 1.43. The van der Waals surface area contributed by atoms with Crippen molar-refractivity contribution in [2.45, 2.75) is 43.9 Å². The smallest absolute Gasteiger partial charge is 0.191 e. The second-order valence-electron chi connectivity index (χ2n) is 5.32. The molecule has 3 unspecified atom stereocenters. The number of thiophene rings is 1. The Morgan fingerprint density at radius 3 is 3.00 bits per heavy atom. The lowest BCUT2D eigenvalue weighted by Gasteiger charge is -2.22. The molecule has 0 spiro atoms. The van der Waals surface area contributed by atoms with E-state index in [1.807, 2.05) is 7.05 Å². The lowest BCUT2D eigenvalue weighted by Crippen LogP contribution is -2.47. The van der Waals surface area contributed by atoms with Crippen LogP contribution in [0.2, 0.25) is 0 Å². The minimum absolute atomic E-state index is 0.381. The summed E-state index contributed by atoms with van der Waals surface area (Å²) in [5.74, 6) is 0.891. The second kappa shape index (κ2) is 6.45. The van der Waals surface area contributed by atoms with E-state index in [0.717, 1.165) is 25.3 Å². The summed E-state index contributed by atoms with van der Waals surface area (Å²) in [6, 6.07) is 4.69. The summed E-state index contributed by atoms with van der Waals surface area (Å²) >= 11 is 5.28. The molecule has 0 saturated carbocycles. The van der Waals surface area contributed by atoms with Crippen LogP contribution < -0.4 is 10.6 Å². The van der Waals surface area contributed by atoms with Crippen LogP contribution in [-0.4, -0.2) is 37.8 Å². The van der Waals surface area contributed by atoms with Gasteiger partial charge >= 0.3 is 0 Å². The van der Waals surface area contributed by atoms with E-state index >= 15 is 0 Å². The van der Waals surface area contributed by atoms with E-state index in [4.69, 9.17) is 4.74 Å². The van der Waals surface area contributed by atoms with Gasteiger partial charge in [0.05, 0.1) is 22.0 Å². The predicted octanol–water partition coefficient (Wildman–Crippen LogP) is 2.54. The van der Waals surface area contributed by atoms with Crippen LogP contribution in [0.25, 0.3) is 0 Å². The third-order valence-electron chi connectivity index (χ3n) is 3.94. The van der Waals surface area contributed by atoms with Crippen LogP contribution in [0.5, 0.6) is 0 Å². The Labute approximate surface area is 132 Å². The minimum Gasteiger partial charge on any atom is -0.373 e. The average molecular weight is 358 g/mol. The molecule has 2 aliphatic heterocycles. The molecule has 0 amide bonds. The van der Waals surface area contributed by atoms with Crippen molar-refractivity contribution in [3.05, 3.63) is 20.8 Å². The highest BCUT2D eigenvalue weighted by molar-refractivity contribution is 9.11. The van der Waals surface area contributed by atoms with Crippen molar-refractivity contribution in [3.8, 4) is 0 Å². The summed E-state index contributed by atoms with van der Waals surface area (Å²) in [5, 5.41) is 6.88. The highest BCUT2D eigenvalue weighted by Crippen LogP contribution is 2.34. The van der Waals surface area contributed by atoms with Crippen molar-refractivity contribution in [3.63, 3.8) is 0 Å². The van der Waals surface area contributed by atoms with E-state index in [1.165, 1.54) is 21.5 Å². The van der Waals surface area contributed by atoms with Crippen molar-refractivity contribution in [2.75, 3.05) is 13.6 Å². The van der Waals surface area contributed by atoms with Gasteiger partial charge < -0.3 is 15.4 Å². The normalized spacial score (nSPS) is 28.9. The number of guanidine groups is 1. The van der Waals surface area contributed by atoms with Crippen molar-refractivity contribution in [1.82, 2.24) is 10.6 Å². The molecule has 0 aromatic carbocycles. The minimum atomic E-state index is 0.381. The highest BCUT2D eigenvalue weighted by Gasteiger charge is 2.41. The number of hydrogen-bond acceptors (Lipinski definition) is 3.